The van der Waals surface area contributed by atoms with Gasteiger partial charge in [0.05, 0.1) is 6.54 Å². The van der Waals surface area contributed by atoms with Crippen molar-refractivity contribution in [2.75, 3.05) is 11.4 Å². The van der Waals surface area contributed by atoms with Crippen LogP contribution in [0.5, 0.6) is 11.5 Å². The van der Waals surface area contributed by atoms with Crippen molar-refractivity contribution < 1.29 is 40.6 Å². The van der Waals surface area contributed by atoms with E-state index in [1.54, 1.807) is 36.4 Å². The highest BCUT2D eigenvalue weighted by Crippen LogP contribution is 2.45. The van der Waals surface area contributed by atoms with Crippen LogP contribution in [-0.2, 0) is 12.5 Å². The number of alkyl halides is 8. The Balaban J connectivity index is 0.00000235. The maximum absolute atomic E-state index is 14.0. The third-order valence-corrected chi connectivity index (χ3v) is 5.19. The van der Waals surface area contributed by atoms with Gasteiger partial charge in [-0.15, -0.1) is 0 Å². The molecule has 1 unspecified atom stereocenters. The van der Waals surface area contributed by atoms with Gasteiger partial charge in [0.1, 0.15) is 11.5 Å². The molecule has 0 heterocycles. The summed E-state index contributed by atoms with van der Waals surface area (Å²) in [6.45, 7) is 2.63. The van der Waals surface area contributed by atoms with Crippen LogP contribution >= 0.6 is 11.6 Å². The predicted molar refractivity (Wildman–Crippen MR) is 129 cm³/mol. The summed E-state index contributed by atoms with van der Waals surface area (Å²) in [5.41, 5.74) is -0.944. The molecule has 0 fully saturated rings. The Hall–Kier alpha value is -2.98. The van der Waals surface area contributed by atoms with E-state index in [1.807, 2.05) is 13.8 Å². The Kier molecular flexibility index (Phi) is 10.2. The summed E-state index contributed by atoms with van der Waals surface area (Å²) in [6, 6.07) is 18.2. The molecule has 37 heavy (non-hydrogen) atoms. The van der Waals surface area contributed by atoms with Gasteiger partial charge in [0.25, 0.3) is 0 Å². The molecule has 0 bridgehead atoms. The molecule has 0 aliphatic rings. The first kappa shape index (κ1) is 30.2. The third kappa shape index (κ3) is 8.26. The van der Waals surface area contributed by atoms with Crippen LogP contribution < -0.4 is 9.64 Å². The standard InChI is InChI=1S/C24H19ClF7NO2.C2H6/c25-24(31,32)22(26,27)17-7-4-6-16(12-17)14-33(15-21(34)23(28,29)30)18-8-5-11-20(13-18)35-19-9-2-1-3-10-19;1-2/h1-13,21,34H,14-15H2;1-2H3. The fourth-order valence-corrected chi connectivity index (χ4v) is 3.30. The number of para-hydroxylation sites is 1. The number of rotatable bonds is 9. The minimum absolute atomic E-state index is 0.00755. The fourth-order valence-electron chi connectivity index (χ4n) is 3.19. The number of nitrogens with zero attached hydrogens (tertiary/aromatic N) is 1. The summed E-state index contributed by atoms with van der Waals surface area (Å²) in [4.78, 5) is 1.08. The quantitative estimate of drug-likeness (QED) is 0.214. The number of ether oxygens (including phenoxy) is 1. The van der Waals surface area contributed by atoms with Crippen molar-refractivity contribution in [1.29, 1.82) is 0 Å². The number of anilines is 1. The van der Waals surface area contributed by atoms with Gasteiger partial charge in [0.2, 0.25) is 0 Å². The maximum atomic E-state index is 14.0. The average molecular weight is 552 g/mol. The summed E-state index contributed by atoms with van der Waals surface area (Å²) in [5, 5.41) is 4.78. The number of aliphatic hydroxyl groups excluding tert-OH is 1. The van der Waals surface area contributed by atoms with Gasteiger partial charge in [0, 0.05) is 23.9 Å². The molecule has 0 saturated carbocycles. The van der Waals surface area contributed by atoms with E-state index in [-0.39, 0.29) is 17.0 Å². The Morgan fingerprint density at radius 1 is 0.811 bits per heavy atom. The molecular formula is C26H25ClF7NO2. The van der Waals surface area contributed by atoms with E-state index in [4.69, 9.17) is 4.74 Å². The maximum Gasteiger partial charge on any atom is 0.416 e. The van der Waals surface area contributed by atoms with Gasteiger partial charge in [-0.05, 0) is 47.5 Å². The number of halogens is 8. The lowest BCUT2D eigenvalue weighted by Crippen LogP contribution is -2.41. The molecule has 0 aliphatic carbocycles. The summed E-state index contributed by atoms with van der Waals surface area (Å²) in [5.74, 6) is -3.99. The molecule has 0 saturated heterocycles. The summed E-state index contributed by atoms with van der Waals surface area (Å²) in [7, 11) is 0. The second kappa shape index (κ2) is 12.5. The second-order valence-corrected chi connectivity index (χ2v) is 8.10. The Labute approximate surface area is 215 Å². The van der Waals surface area contributed by atoms with Crippen LogP contribution in [0, 0.1) is 0 Å². The van der Waals surface area contributed by atoms with E-state index in [2.05, 4.69) is 11.6 Å². The number of benzene rings is 3. The topological polar surface area (TPSA) is 32.7 Å². The zero-order chi connectivity index (χ0) is 27.9. The SMILES string of the molecule is CC.OC(CN(Cc1cccc(C(F)(F)C(F)(F)Cl)c1)c1cccc(Oc2ccccc2)c1)C(F)(F)F. The number of aliphatic hydroxyl groups is 1. The first-order valence-electron chi connectivity index (χ1n) is 11.1. The normalized spacial score (nSPS) is 12.8. The van der Waals surface area contributed by atoms with Crippen molar-refractivity contribution in [3.63, 3.8) is 0 Å². The van der Waals surface area contributed by atoms with E-state index in [9.17, 15) is 35.8 Å². The molecule has 0 aromatic heterocycles. The lowest BCUT2D eigenvalue weighted by molar-refractivity contribution is -0.200. The minimum atomic E-state index is -4.95. The molecule has 1 atom stereocenters. The van der Waals surface area contributed by atoms with Gasteiger partial charge in [-0.1, -0.05) is 56.3 Å². The molecule has 0 aliphatic heterocycles. The number of hydrogen-bond acceptors (Lipinski definition) is 3. The molecule has 3 aromatic rings. The van der Waals surface area contributed by atoms with Crippen molar-refractivity contribution in [1.82, 2.24) is 0 Å². The van der Waals surface area contributed by atoms with Crippen molar-refractivity contribution in [2.45, 2.75) is 44.0 Å². The van der Waals surface area contributed by atoms with Gasteiger partial charge in [-0.3, -0.25) is 0 Å². The first-order chi connectivity index (χ1) is 17.3. The van der Waals surface area contributed by atoms with E-state index in [0.717, 1.165) is 23.1 Å². The second-order valence-electron chi connectivity index (χ2n) is 7.62. The van der Waals surface area contributed by atoms with E-state index < -0.39 is 42.2 Å². The van der Waals surface area contributed by atoms with Gasteiger partial charge in [0.15, 0.2) is 6.10 Å². The fraction of sp³-hybridized carbons (Fsp3) is 0.308. The third-order valence-electron chi connectivity index (χ3n) is 4.95. The predicted octanol–water partition coefficient (Wildman–Crippen LogP) is 8.36. The highest BCUT2D eigenvalue weighted by Gasteiger charge is 2.56. The molecular weight excluding hydrogens is 527 g/mol. The Bertz CT molecular complexity index is 1120. The van der Waals surface area contributed by atoms with Crippen molar-refractivity contribution >= 4 is 17.3 Å². The lowest BCUT2D eigenvalue weighted by Gasteiger charge is -2.29. The van der Waals surface area contributed by atoms with Crippen LogP contribution in [0.15, 0.2) is 78.9 Å². The van der Waals surface area contributed by atoms with Gasteiger partial charge in [-0.25, -0.2) is 0 Å². The van der Waals surface area contributed by atoms with Crippen molar-refractivity contribution in [3.8, 4) is 11.5 Å². The summed E-state index contributed by atoms with van der Waals surface area (Å²) < 4.78 is 99.4. The lowest BCUT2D eigenvalue weighted by atomic mass is 10.0. The van der Waals surface area contributed by atoms with E-state index in [1.165, 1.54) is 24.3 Å². The van der Waals surface area contributed by atoms with Crippen LogP contribution in [0.2, 0.25) is 0 Å². The average Bonchev–Trinajstić information content (AvgIpc) is 2.84. The Morgan fingerprint density at radius 2 is 1.41 bits per heavy atom. The molecule has 202 valence electrons. The summed E-state index contributed by atoms with van der Waals surface area (Å²) in [6.07, 6.45) is -7.72. The zero-order valence-corrected chi connectivity index (χ0v) is 20.6. The molecule has 0 spiro atoms. The van der Waals surface area contributed by atoms with Crippen LogP contribution in [0.3, 0.4) is 0 Å². The smallest absolute Gasteiger partial charge is 0.416 e. The van der Waals surface area contributed by atoms with Gasteiger partial charge >= 0.3 is 17.5 Å². The highest BCUT2D eigenvalue weighted by molar-refractivity contribution is 6.22. The Morgan fingerprint density at radius 3 is 2.00 bits per heavy atom. The van der Waals surface area contributed by atoms with Gasteiger partial charge < -0.3 is 14.7 Å². The summed E-state index contributed by atoms with van der Waals surface area (Å²) >= 11 is 4.55. The molecule has 0 radical (unpaired) electrons. The minimum Gasteiger partial charge on any atom is -0.457 e. The largest absolute Gasteiger partial charge is 0.457 e. The molecule has 11 heteroatoms. The monoisotopic (exact) mass is 551 g/mol. The van der Waals surface area contributed by atoms with Crippen LogP contribution in [0.4, 0.5) is 36.4 Å². The van der Waals surface area contributed by atoms with E-state index >= 15 is 0 Å². The van der Waals surface area contributed by atoms with Crippen molar-refractivity contribution in [2.24, 2.45) is 0 Å². The van der Waals surface area contributed by atoms with Crippen LogP contribution in [-0.4, -0.2) is 29.3 Å². The molecule has 3 rings (SSSR count). The first-order valence-corrected chi connectivity index (χ1v) is 11.5. The molecule has 3 nitrogen and oxygen atoms in total. The zero-order valence-electron chi connectivity index (χ0n) is 19.8. The van der Waals surface area contributed by atoms with Crippen LogP contribution in [0.1, 0.15) is 25.0 Å². The number of hydrogen-bond donors (Lipinski definition) is 1. The molecule has 0 amide bonds. The highest BCUT2D eigenvalue weighted by atomic mass is 35.5. The van der Waals surface area contributed by atoms with E-state index in [0.29, 0.717) is 5.75 Å². The van der Waals surface area contributed by atoms with Crippen LogP contribution in [0.25, 0.3) is 0 Å². The molecule has 1 N–H and O–H groups in total. The molecule has 3 aromatic carbocycles. The van der Waals surface area contributed by atoms with Crippen molar-refractivity contribution in [3.05, 3.63) is 90.0 Å². The van der Waals surface area contributed by atoms with Gasteiger partial charge in [-0.2, -0.15) is 30.7 Å².